The lowest BCUT2D eigenvalue weighted by Crippen LogP contribution is -2.52. The van der Waals surface area contributed by atoms with E-state index in [4.69, 9.17) is 31.8 Å². The topological polar surface area (TPSA) is 424 Å². The van der Waals surface area contributed by atoms with E-state index in [1.54, 1.807) is 0 Å². The predicted octanol–water partition coefficient (Wildman–Crippen LogP) is 1.77. The Kier molecular flexibility index (Phi) is 21.3. The van der Waals surface area contributed by atoms with Gasteiger partial charge in [0.2, 0.25) is 0 Å². The number of nitrogens with one attached hydrogen (secondary N) is 6. The lowest BCUT2D eigenvalue weighted by molar-refractivity contribution is -0.148. The summed E-state index contributed by atoms with van der Waals surface area (Å²) in [6, 6.07) is 18.2. The second kappa shape index (κ2) is 26.3. The third kappa shape index (κ3) is 18.3. The average Bonchev–Trinajstić information content (AvgIpc) is 3.28. The molecule has 0 aliphatic rings. The Hall–Kier alpha value is -7.73. The number of halogens is 1. The van der Waals surface area contributed by atoms with Crippen molar-refractivity contribution in [2.24, 2.45) is 11.5 Å². The minimum Gasteiger partial charge on any atom is -0.481 e. The molecule has 0 heterocycles. The lowest BCUT2D eigenvalue weighted by atomic mass is 10.2. The van der Waals surface area contributed by atoms with Gasteiger partial charge in [-0.2, -0.15) is 34.9 Å². The number of anilines is 2. The van der Waals surface area contributed by atoms with Crippen LogP contribution in [0.25, 0.3) is 0 Å². The predicted molar refractivity (Wildman–Crippen MR) is 256 cm³/mol. The summed E-state index contributed by atoms with van der Waals surface area (Å²) in [7, 11) is -9.72. The van der Waals surface area contributed by atoms with Gasteiger partial charge in [-0.15, -0.1) is 12.4 Å². The minimum atomic E-state index is -4.86. The molecule has 2 unspecified atom stereocenters. The number of carboxylic acids is 4. The van der Waals surface area contributed by atoms with Gasteiger partial charge < -0.3 is 52.0 Å². The van der Waals surface area contributed by atoms with Crippen LogP contribution >= 0.6 is 12.4 Å². The number of nitrogens with two attached hydrogens (primary N) is 2. The van der Waals surface area contributed by atoms with Gasteiger partial charge in [0, 0.05) is 37.6 Å². The molecular weight excluding hydrogens is 1000 g/mol. The number of unbranched alkanes of at least 4 members (excludes halogenated alkanes) is 1. The van der Waals surface area contributed by atoms with Crippen LogP contribution < -0.4 is 41.0 Å². The fourth-order valence-corrected chi connectivity index (χ4v) is 9.03. The van der Waals surface area contributed by atoms with Crippen LogP contribution in [0.4, 0.5) is 11.4 Å². The average molecular weight is 1050 g/mol. The number of esters is 2. The first-order chi connectivity index (χ1) is 32.9. The number of ether oxygens (including phenoxy) is 2. The summed E-state index contributed by atoms with van der Waals surface area (Å²) >= 11 is 0. The molecule has 0 bridgehead atoms. The first kappa shape index (κ1) is 57.6. The largest absolute Gasteiger partial charge is 0.481 e. The summed E-state index contributed by atoms with van der Waals surface area (Å²) in [4.78, 5) is 73.2. The zero-order valence-electron chi connectivity index (χ0n) is 37.0. The van der Waals surface area contributed by atoms with Crippen LogP contribution in [0.15, 0.2) is 97.1 Å². The van der Waals surface area contributed by atoms with Crippen LogP contribution in [0.5, 0.6) is 11.5 Å². The van der Waals surface area contributed by atoms with Crippen molar-refractivity contribution in [3.63, 3.8) is 0 Å². The Morgan fingerprint density at radius 3 is 1.11 bits per heavy atom. The highest BCUT2D eigenvalue weighted by Crippen LogP contribution is 2.21. The van der Waals surface area contributed by atoms with E-state index < -0.39 is 120 Å². The number of hydrogen-bond donors (Lipinski definition) is 12. The highest BCUT2D eigenvalue weighted by molar-refractivity contribution is 7.87. The molecule has 29 heteroatoms. The van der Waals surface area contributed by atoms with Crippen molar-refractivity contribution < 1.29 is 75.5 Å². The normalized spacial score (nSPS) is 12.1. The number of aliphatic carboxylic acids is 4. The van der Waals surface area contributed by atoms with Gasteiger partial charge in [-0.1, -0.05) is 24.3 Å². The number of carboxylic acid groups (broad SMARTS) is 4. The van der Waals surface area contributed by atoms with Crippen molar-refractivity contribution in [2.75, 3.05) is 23.7 Å². The van der Waals surface area contributed by atoms with E-state index in [2.05, 4.69) is 20.1 Å². The number of rotatable bonds is 27. The van der Waals surface area contributed by atoms with Crippen LogP contribution in [0.2, 0.25) is 0 Å². The number of hydrogen-bond acceptors (Lipinski definition) is 14. The molecule has 4 rings (SSSR count). The summed E-state index contributed by atoms with van der Waals surface area (Å²) in [5, 5.41) is 58.4. The maximum absolute atomic E-state index is 13.7. The van der Waals surface area contributed by atoms with Crippen molar-refractivity contribution in [1.29, 1.82) is 10.8 Å². The fourth-order valence-electron chi connectivity index (χ4n) is 6.27. The van der Waals surface area contributed by atoms with Gasteiger partial charge in [0.05, 0.1) is 24.0 Å². The van der Waals surface area contributed by atoms with E-state index in [9.17, 15) is 66.0 Å². The van der Waals surface area contributed by atoms with Crippen molar-refractivity contribution in [3.05, 3.63) is 119 Å². The van der Waals surface area contributed by atoms with Crippen molar-refractivity contribution in [2.45, 2.75) is 50.9 Å². The summed E-state index contributed by atoms with van der Waals surface area (Å²) < 4.78 is 70.4. The quantitative estimate of drug-likeness (QED) is 0.0133. The van der Waals surface area contributed by atoms with Crippen LogP contribution in [0.3, 0.4) is 0 Å². The van der Waals surface area contributed by atoms with Gasteiger partial charge in [-0.3, -0.25) is 30.0 Å². The Morgan fingerprint density at radius 2 is 0.845 bits per heavy atom. The van der Waals surface area contributed by atoms with Crippen LogP contribution in [-0.2, 0) is 52.7 Å². The molecule has 0 amide bonds. The van der Waals surface area contributed by atoms with E-state index in [1.807, 2.05) is 0 Å². The fraction of sp³-hybridized carbons (Fsp3) is 0.238. The minimum absolute atomic E-state index is 0. The number of carbonyl (C=O) groups is 6. The Balaban J connectivity index is 0.0000133. The summed E-state index contributed by atoms with van der Waals surface area (Å²) in [6.07, 6.45) is -3.19. The molecule has 4 aromatic rings. The van der Waals surface area contributed by atoms with Gasteiger partial charge in [0.1, 0.15) is 23.6 Å². The second-order valence-corrected chi connectivity index (χ2v) is 18.2. The highest BCUT2D eigenvalue weighted by atomic mass is 35.5. The van der Waals surface area contributed by atoms with Crippen molar-refractivity contribution >= 4 is 91.9 Å². The summed E-state index contributed by atoms with van der Waals surface area (Å²) in [6.45, 7) is -2.43. The molecule has 0 fully saturated rings. The molecule has 0 saturated carbocycles. The lowest BCUT2D eigenvalue weighted by Gasteiger charge is -2.29. The smallest absolute Gasteiger partial charge is 0.343 e. The number of benzene rings is 4. The first-order valence-corrected chi connectivity index (χ1v) is 23.3. The molecule has 0 aliphatic heterocycles. The zero-order chi connectivity index (χ0) is 51.8. The maximum Gasteiger partial charge on any atom is 0.343 e. The van der Waals surface area contributed by atoms with E-state index in [0.29, 0.717) is 20.0 Å². The van der Waals surface area contributed by atoms with Crippen LogP contribution in [-0.4, -0.2) is 119 Å². The molecule has 0 saturated heterocycles. The Labute approximate surface area is 411 Å². The number of guanidine groups is 2. The second-order valence-electron chi connectivity index (χ2n) is 14.8. The third-order valence-corrected chi connectivity index (χ3v) is 12.7. The van der Waals surface area contributed by atoms with Crippen LogP contribution in [0.1, 0.15) is 57.5 Å². The monoisotopic (exact) mass is 1050 g/mol. The Morgan fingerprint density at radius 1 is 0.535 bits per heavy atom. The molecule has 0 radical (unpaired) electrons. The number of nitrogens with zero attached hydrogens (tertiary/aromatic N) is 2. The first-order valence-electron chi connectivity index (χ1n) is 20.4. The van der Waals surface area contributed by atoms with Gasteiger partial charge in [0.15, 0.2) is 11.9 Å². The van der Waals surface area contributed by atoms with Gasteiger partial charge >= 0.3 is 35.8 Å². The zero-order valence-corrected chi connectivity index (χ0v) is 39.5. The van der Waals surface area contributed by atoms with Crippen molar-refractivity contribution in [3.8, 4) is 11.5 Å². The summed E-state index contributed by atoms with van der Waals surface area (Å²) in [5.74, 6) is -9.01. The molecule has 4 aromatic carbocycles. The molecule has 14 N–H and O–H groups in total. The highest BCUT2D eigenvalue weighted by Gasteiger charge is 2.38. The van der Waals surface area contributed by atoms with Gasteiger partial charge in [-0.25, -0.2) is 9.59 Å². The molecule has 0 aliphatic carbocycles. The van der Waals surface area contributed by atoms with Gasteiger partial charge in [-0.05, 0) is 96.8 Å². The standard InChI is InChI=1S/C42H48N10O16S2.ClH/c43-41(44)49-29-11-7-27(8-12-29)39(61)67-31-15-3-25(4-16-31)23-47-69(63,64)51(33(37(57)58)21-35(53)54)19-1-2-20-52(34(38(59)60)22-36(55)56)70(65,66)48-24-26-5-17-32(18-6-26)68-40(62)28-9-13-30(14-10-28)50-42(45)46;/h3-18,33-34,47-48H,1-2,19-24H2,(H,53,54)(H,55,56)(H,57,58)(H,59,60)(H4,43,44,49)(H4,45,46,50);1H. The van der Waals surface area contributed by atoms with Gasteiger partial charge in [0.25, 0.3) is 20.4 Å². The molecular formula is C42H49ClN10O16S2. The molecule has 0 aromatic heterocycles. The molecule has 26 nitrogen and oxygen atoms in total. The third-order valence-electron chi connectivity index (χ3n) is 9.61. The van der Waals surface area contributed by atoms with E-state index >= 15 is 0 Å². The Bertz CT molecular complexity index is 2600. The van der Waals surface area contributed by atoms with E-state index in [0.717, 1.165) is 0 Å². The number of carbonyl (C=O) groups excluding carboxylic acids is 2. The van der Waals surface area contributed by atoms with E-state index in [-0.39, 0.29) is 58.1 Å². The summed E-state index contributed by atoms with van der Waals surface area (Å²) in [5.41, 5.74) is 12.4. The van der Waals surface area contributed by atoms with Crippen molar-refractivity contribution in [1.82, 2.24) is 18.1 Å². The molecule has 2 atom stereocenters. The van der Waals surface area contributed by atoms with E-state index in [1.165, 1.54) is 97.1 Å². The maximum atomic E-state index is 13.7. The molecule has 71 heavy (non-hydrogen) atoms. The van der Waals surface area contributed by atoms with Crippen LogP contribution in [0, 0.1) is 10.8 Å². The molecule has 0 spiro atoms. The molecule has 382 valence electrons. The SMILES string of the molecule is Cl.N=C(N)Nc1ccc(C(=O)Oc2ccc(CNS(=O)(=O)N(CCCCN(C(CC(=O)O)C(=O)O)S(=O)(=O)NCc3ccc(OC(=O)c4ccc(NC(=N)N)cc4)cc3)C(CC(=O)O)C(=O)O)cc2)cc1.